The molecule has 0 spiro atoms. The summed E-state index contributed by atoms with van der Waals surface area (Å²) in [6.45, 7) is 5.34. The summed E-state index contributed by atoms with van der Waals surface area (Å²) in [6, 6.07) is 15.8. The molecule has 7 nitrogen and oxygen atoms in total. The molecule has 2 aliphatic rings. The summed E-state index contributed by atoms with van der Waals surface area (Å²) in [5, 5.41) is 10.8. The van der Waals surface area contributed by atoms with Gasteiger partial charge in [-0.05, 0) is 43.7 Å². The summed E-state index contributed by atoms with van der Waals surface area (Å²) in [5.41, 5.74) is 2.43. The Morgan fingerprint density at radius 2 is 1.85 bits per heavy atom. The van der Waals surface area contributed by atoms with Crippen LogP contribution in [-0.4, -0.2) is 43.7 Å². The van der Waals surface area contributed by atoms with Gasteiger partial charge in [0, 0.05) is 12.3 Å². The fourth-order valence-corrected chi connectivity index (χ4v) is 5.33. The van der Waals surface area contributed by atoms with Crippen LogP contribution in [-0.2, 0) is 4.79 Å². The molecule has 1 fully saturated rings. The molecule has 4 rings (SSSR count). The molecule has 2 heterocycles. The Kier molecular flexibility index (Phi) is 6.99. The quantitative estimate of drug-likeness (QED) is 0.586. The number of anilines is 1. The molecule has 172 valence electrons. The van der Waals surface area contributed by atoms with Crippen molar-refractivity contribution < 1.29 is 19.0 Å². The van der Waals surface area contributed by atoms with Gasteiger partial charge in [-0.1, -0.05) is 30.0 Å². The van der Waals surface area contributed by atoms with E-state index in [1.165, 1.54) is 11.8 Å². The number of para-hydroxylation sites is 2. The maximum atomic E-state index is 13.2. The number of amides is 1. The number of nitrogens with zero attached hydrogens (tertiary/aromatic N) is 3. The van der Waals surface area contributed by atoms with Crippen LogP contribution < -0.4 is 19.1 Å². The molecule has 0 aromatic heterocycles. The zero-order valence-electron chi connectivity index (χ0n) is 19.0. The average molecular weight is 466 g/mol. The van der Waals surface area contributed by atoms with Gasteiger partial charge < -0.3 is 19.1 Å². The third-order valence-electron chi connectivity index (χ3n) is 5.69. The molecule has 1 amide bonds. The van der Waals surface area contributed by atoms with Crippen molar-refractivity contribution in [2.75, 3.05) is 37.8 Å². The van der Waals surface area contributed by atoms with Crippen LogP contribution in [0.25, 0.3) is 0 Å². The topological polar surface area (TPSA) is 75.0 Å². The molecular weight excluding hydrogens is 438 g/mol. The molecule has 0 N–H and O–H groups in total. The minimum atomic E-state index is -0.312. The highest BCUT2D eigenvalue weighted by Gasteiger charge is 2.39. The number of carbonyl (C=O) groups is 1. The number of hydrogen-bond acceptors (Lipinski definition) is 7. The van der Waals surface area contributed by atoms with Gasteiger partial charge in [0.15, 0.2) is 11.5 Å². The van der Waals surface area contributed by atoms with Gasteiger partial charge in [0.1, 0.15) is 5.75 Å². The van der Waals surface area contributed by atoms with Crippen molar-refractivity contribution >= 4 is 23.4 Å². The number of benzene rings is 2. The van der Waals surface area contributed by atoms with E-state index in [4.69, 9.17) is 14.2 Å². The summed E-state index contributed by atoms with van der Waals surface area (Å²) >= 11 is 1.51. The van der Waals surface area contributed by atoms with Crippen LogP contribution in [0.1, 0.15) is 31.7 Å². The van der Waals surface area contributed by atoms with E-state index >= 15 is 0 Å². The number of fused-ring (bicyclic) bond motifs is 1. The summed E-state index contributed by atoms with van der Waals surface area (Å²) in [4.78, 5) is 17.1. The van der Waals surface area contributed by atoms with Crippen molar-refractivity contribution in [1.82, 2.24) is 4.90 Å². The number of nitriles is 1. The molecule has 1 atom stereocenters. The van der Waals surface area contributed by atoms with Crippen LogP contribution in [0, 0.1) is 11.3 Å². The molecule has 0 aliphatic carbocycles. The Morgan fingerprint density at radius 1 is 1.09 bits per heavy atom. The standard InChI is InChI=1S/C25H27N3O4S/c1-4-31-21-9-7-6-8-20(21)27-15-28-24(29)13-18(19(14-26)25(28)33-16-27)17-10-11-22(32-5-2)23(12-17)30-3/h6-12,18H,4-5,13,15-16H2,1-3H3. The van der Waals surface area contributed by atoms with E-state index in [-0.39, 0.29) is 18.2 Å². The second-order valence-corrected chi connectivity index (χ2v) is 8.54. The fraction of sp³-hybridized carbons (Fsp3) is 0.360. The van der Waals surface area contributed by atoms with E-state index in [0.717, 1.165) is 22.0 Å². The number of methoxy groups -OCH3 is 1. The van der Waals surface area contributed by atoms with Crippen LogP contribution >= 0.6 is 11.8 Å². The fourth-order valence-electron chi connectivity index (χ4n) is 4.17. The lowest BCUT2D eigenvalue weighted by molar-refractivity contribution is -0.129. The Morgan fingerprint density at radius 3 is 2.58 bits per heavy atom. The number of thioether (sulfide) groups is 1. The van der Waals surface area contributed by atoms with Gasteiger partial charge in [0.2, 0.25) is 5.91 Å². The molecule has 2 aromatic carbocycles. The molecule has 0 bridgehead atoms. The van der Waals surface area contributed by atoms with Crippen molar-refractivity contribution in [1.29, 1.82) is 5.26 Å². The lowest BCUT2D eigenvalue weighted by atomic mass is 9.86. The first-order chi connectivity index (χ1) is 16.1. The summed E-state index contributed by atoms with van der Waals surface area (Å²) in [6.07, 6.45) is 0.227. The summed E-state index contributed by atoms with van der Waals surface area (Å²) in [7, 11) is 1.59. The largest absolute Gasteiger partial charge is 0.493 e. The molecule has 1 unspecified atom stereocenters. The number of rotatable bonds is 7. The van der Waals surface area contributed by atoms with E-state index < -0.39 is 0 Å². The van der Waals surface area contributed by atoms with Crippen molar-refractivity contribution in [3.05, 3.63) is 58.6 Å². The molecular formula is C25H27N3O4S. The summed E-state index contributed by atoms with van der Waals surface area (Å²) < 4.78 is 16.9. The third-order valence-corrected chi connectivity index (χ3v) is 6.84. The van der Waals surface area contributed by atoms with E-state index in [2.05, 4.69) is 11.0 Å². The van der Waals surface area contributed by atoms with Gasteiger partial charge in [0.05, 0.1) is 55.2 Å². The molecule has 33 heavy (non-hydrogen) atoms. The Balaban J connectivity index is 1.65. The van der Waals surface area contributed by atoms with E-state index in [9.17, 15) is 10.1 Å². The highest BCUT2D eigenvalue weighted by molar-refractivity contribution is 8.03. The monoisotopic (exact) mass is 465 g/mol. The van der Waals surface area contributed by atoms with Gasteiger partial charge in [0.25, 0.3) is 0 Å². The maximum absolute atomic E-state index is 13.2. The second-order valence-electron chi connectivity index (χ2n) is 7.61. The highest BCUT2D eigenvalue weighted by atomic mass is 32.2. The second kappa shape index (κ2) is 10.1. The number of carbonyl (C=O) groups excluding carboxylic acids is 1. The lowest BCUT2D eigenvalue weighted by Crippen LogP contribution is -2.47. The van der Waals surface area contributed by atoms with Crippen LogP contribution in [0.3, 0.4) is 0 Å². The molecule has 8 heteroatoms. The van der Waals surface area contributed by atoms with Crippen molar-refractivity contribution in [3.8, 4) is 23.3 Å². The Bertz CT molecular complexity index is 1110. The first-order valence-corrected chi connectivity index (χ1v) is 11.9. The predicted octanol–water partition coefficient (Wildman–Crippen LogP) is 4.71. The molecule has 2 aromatic rings. The predicted molar refractivity (Wildman–Crippen MR) is 128 cm³/mol. The minimum absolute atomic E-state index is 0.00653. The van der Waals surface area contributed by atoms with Gasteiger partial charge in [-0.15, -0.1) is 0 Å². The highest BCUT2D eigenvalue weighted by Crippen LogP contribution is 2.45. The van der Waals surface area contributed by atoms with Gasteiger partial charge in [-0.3, -0.25) is 9.69 Å². The number of hydrogen-bond donors (Lipinski definition) is 0. The Hall–Kier alpha value is -3.31. The molecule has 0 saturated carbocycles. The third kappa shape index (κ3) is 4.46. The van der Waals surface area contributed by atoms with Gasteiger partial charge in [-0.2, -0.15) is 5.26 Å². The first kappa shape index (κ1) is 22.9. The maximum Gasteiger partial charge on any atom is 0.229 e. The lowest BCUT2D eigenvalue weighted by Gasteiger charge is -2.42. The number of allylic oxidation sites excluding steroid dienone is 1. The van der Waals surface area contributed by atoms with Crippen molar-refractivity contribution in [2.45, 2.75) is 26.2 Å². The van der Waals surface area contributed by atoms with Gasteiger partial charge >= 0.3 is 0 Å². The molecule has 1 saturated heterocycles. The van der Waals surface area contributed by atoms with Crippen LogP contribution in [0.2, 0.25) is 0 Å². The Labute approximate surface area is 198 Å². The summed E-state index contributed by atoms with van der Waals surface area (Å²) in [5.74, 6) is 2.34. The van der Waals surface area contributed by atoms with E-state index in [1.807, 2.05) is 56.3 Å². The van der Waals surface area contributed by atoms with Crippen LogP contribution in [0.5, 0.6) is 17.2 Å². The normalized spacial score (nSPS) is 18.0. The first-order valence-electron chi connectivity index (χ1n) is 11.0. The zero-order valence-corrected chi connectivity index (χ0v) is 19.9. The number of ether oxygens (including phenoxy) is 3. The molecule has 0 radical (unpaired) electrons. The van der Waals surface area contributed by atoms with Crippen LogP contribution in [0.15, 0.2) is 53.1 Å². The van der Waals surface area contributed by atoms with E-state index in [0.29, 0.717) is 42.8 Å². The van der Waals surface area contributed by atoms with Crippen molar-refractivity contribution in [2.24, 2.45) is 0 Å². The zero-order chi connectivity index (χ0) is 23.4. The SMILES string of the molecule is CCOc1ccc(C2CC(=O)N3CN(c4ccccc4OCC)CSC3=C2C#N)cc1OC. The van der Waals surface area contributed by atoms with Crippen molar-refractivity contribution in [3.63, 3.8) is 0 Å². The smallest absolute Gasteiger partial charge is 0.229 e. The minimum Gasteiger partial charge on any atom is -0.493 e. The van der Waals surface area contributed by atoms with Gasteiger partial charge in [-0.25, -0.2) is 0 Å². The van der Waals surface area contributed by atoms with Crippen LogP contribution in [0.4, 0.5) is 5.69 Å². The average Bonchev–Trinajstić information content (AvgIpc) is 2.85. The van der Waals surface area contributed by atoms with E-state index in [1.54, 1.807) is 12.0 Å². The molecule has 2 aliphatic heterocycles.